The highest BCUT2D eigenvalue weighted by atomic mass is 79.9. The zero-order valence-corrected chi connectivity index (χ0v) is 9.88. The normalized spacial score (nSPS) is 18.3. The van der Waals surface area contributed by atoms with Gasteiger partial charge in [-0.05, 0) is 34.8 Å². The standard InChI is InChI=1S/C12H12BrNO/c13-10-6-15-11-8(10)2-1-3-9(11)12(7-14)4-5-12/h1-3,6H,4-5,7,14H2. The summed E-state index contributed by atoms with van der Waals surface area (Å²) in [4.78, 5) is 0. The van der Waals surface area contributed by atoms with Crippen molar-refractivity contribution < 1.29 is 4.42 Å². The minimum absolute atomic E-state index is 0.191. The van der Waals surface area contributed by atoms with Gasteiger partial charge in [-0.25, -0.2) is 0 Å². The van der Waals surface area contributed by atoms with E-state index < -0.39 is 0 Å². The van der Waals surface area contributed by atoms with Crippen molar-refractivity contribution in [3.8, 4) is 0 Å². The molecule has 0 unspecified atom stereocenters. The van der Waals surface area contributed by atoms with E-state index in [9.17, 15) is 0 Å². The largest absolute Gasteiger partial charge is 0.463 e. The second-order valence-electron chi connectivity index (χ2n) is 4.25. The highest BCUT2D eigenvalue weighted by Gasteiger charge is 2.44. The second-order valence-corrected chi connectivity index (χ2v) is 5.10. The van der Waals surface area contributed by atoms with E-state index in [1.54, 1.807) is 6.26 Å². The van der Waals surface area contributed by atoms with Crippen LogP contribution in [0.1, 0.15) is 18.4 Å². The van der Waals surface area contributed by atoms with Crippen LogP contribution in [0.2, 0.25) is 0 Å². The monoisotopic (exact) mass is 265 g/mol. The molecule has 0 amide bonds. The van der Waals surface area contributed by atoms with Crippen LogP contribution in [0.4, 0.5) is 0 Å². The summed E-state index contributed by atoms with van der Waals surface area (Å²) in [7, 11) is 0. The average molecular weight is 266 g/mol. The lowest BCUT2D eigenvalue weighted by molar-refractivity contribution is 0.595. The smallest absolute Gasteiger partial charge is 0.138 e. The zero-order valence-electron chi connectivity index (χ0n) is 8.29. The van der Waals surface area contributed by atoms with E-state index in [0.717, 1.165) is 15.4 Å². The summed E-state index contributed by atoms with van der Waals surface area (Å²) in [5.41, 5.74) is 8.30. The summed E-state index contributed by atoms with van der Waals surface area (Å²) in [5.74, 6) is 0. The molecule has 0 spiro atoms. The van der Waals surface area contributed by atoms with Crippen molar-refractivity contribution in [1.82, 2.24) is 0 Å². The van der Waals surface area contributed by atoms with Crippen molar-refractivity contribution in [2.45, 2.75) is 18.3 Å². The molecule has 1 aromatic carbocycles. The second kappa shape index (κ2) is 3.09. The quantitative estimate of drug-likeness (QED) is 0.906. The van der Waals surface area contributed by atoms with Gasteiger partial charge in [0.1, 0.15) is 11.8 Å². The van der Waals surface area contributed by atoms with E-state index in [-0.39, 0.29) is 5.41 Å². The summed E-state index contributed by atoms with van der Waals surface area (Å²) in [6.45, 7) is 0.713. The molecule has 78 valence electrons. The van der Waals surface area contributed by atoms with Crippen LogP contribution in [0.25, 0.3) is 11.0 Å². The molecule has 1 aliphatic carbocycles. The Morgan fingerprint density at radius 3 is 2.87 bits per heavy atom. The Labute approximate surface area is 96.6 Å². The molecule has 3 rings (SSSR count). The van der Waals surface area contributed by atoms with Gasteiger partial charge in [0.15, 0.2) is 0 Å². The zero-order chi connectivity index (χ0) is 10.5. The molecule has 0 radical (unpaired) electrons. The number of para-hydroxylation sites is 1. The van der Waals surface area contributed by atoms with Gasteiger partial charge in [-0.3, -0.25) is 0 Å². The van der Waals surface area contributed by atoms with Gasteiger partial charge in [0, 0.05) is 22.9 Å². The van der Waals surface area contributed by atoms with Gasteiger partial charge in [0.25, 0.3) is 0 Å². The first-order valence-electron chi connectivity index (χ1n) is 5.13. The van der Waals surface area contributed by atoms with E-state index >= 15 is 0 Å². The molecule has 1 aliphatic rings. The molecule has 15 heavy (non-hydrogen) atoms. The van der Waals surface area contributed by atoms with Crippen LogP contribution >= 0.6 is 15.9 Å². The Morgan fingerprint density at radius 2 is 2.20 bits per heavy atom. The molecule has 1 heterocycles. The first kappa shape index (κ1) is 9.43. The van der Waals surface area contributed by atoms with E-state index in [2.05, 4.69) is 34.1 Å². The Balaban J connectivity index is 2.27. The first-order chi connectivity index (χ1) is 7.27. The molecule has 1 fully saturated rings. The summed E-state index contributed by atoms with van der Waals surface area (Å²) >= 11 is 3.49. The predicted octanol–water partition coefficient (Wildman–Crippen LogP) is 3.19. The van der Waals surface area contributed by atoms with Crippen LogP contribution < -0.4 is 5.73 Å². The number of nitrogens with two attached hydrogens (primary N) is 1. The molecule has 3 heteroatoms. The first-order valence-corrected chi connectivity index (χ1v) is 5.92. The topological polar surface area (TPSA) is 39.2 Å². The SMILES string of the molecule is NCC1(c2cccc3c(Br)coc23)CC1. The molecular formula is C12H12BrNO. The minimum atomic E-state index is 0.191. The van der Waals surface area contributed by atoms with Gasteiger partial charge >= 0.3 is 0 Å². The van der Waals surface area contributed by atoms with Crippen LogP contribution in [0.15, 0.2) is 33.4 Å². The fraction of sp³-hybridized carbons (Fsp3) is 0.333. The number of hydrogen-bond acceptors (Lipinski definition) is 2. The van der Waals surface area contributed by atoms with Gasteiger partial charge < -0.3 is 10.2 Å². The van der Waals surface area contributed by atoms with Gasteiger partial charge in [0.05, 0.1) is 4.47 Å². The number of benzene rings is 1. The molecule has 2 nitrogen and oxygen atoms in total. The number of hydrogen-bond donors (Lipinski definition) is 1. The van der Waals surface area contributed by atoms with Crippen molar-refractivity contribution >= 4 is 26.9 Å². The third-order valence-corrected chi connectivity index (χ3v) is 3.98. The Bertz CT molecular complexity index is 513. The van der Waals surface area contributed by atoms with Crippen molar-refractivity contribution in [2.24, 2.45) is 5.73 Å². The molecule has 0 atom stereocenters. The minimum Gasteiger partial charge on any atom is -0.463 e. The highest BCUT2D eigenvalue weighted by molar-refractivity contribution is 9.10. The van der Waals surface area contributed by atoms with Crippen LogP contribution in [-0.4, -0.2) is 6.54 Å². The van der Waals surface area contributed by atoms with Crippen LogP contribution in [0.3, 0.4) is 0 Å². The summed E-state index contributed by atoms with van der Waals surface area (Å²) in [6, 6.07) is 6.28. The van der Waals surface area contributed by atoms with Gasteiger partial charge in [0.2, 0.25) is 0 Å². The van der Waals surface area contributed by atoms with Crippen molar-refractivity contribution in [1.29, 1.82) is 0 Å². The van der Waals surface area contributed by atoms with Crippen LogP contribution in [0.5, 0.6) is 0 Å². The van der Waals surface area contributed by atoms with E-state index in [1.165, 1.54) is 18.4 Å². The molecule has 2 N–H and O–H groups in total. The summed E-state index contributed by atoms with van der Waals surface area (Å²) in [6.07, 6.45) is 4.11. The maximum absolute atomic E-state index is 5.85. The molecule has 0 saturated heterocycles. The lowest BCUT2D eigenvalue weighted by Gasteiger charge is -2.12. The predicted molar refractivity (Wildman–Crippen MR) is 63.9 cm³/mol. The number of furan rings is 1. The summed E-state index contributed by atoms with van der Waals surface area (Å²) < 4.78 is 6.63. The van der Waals surface area contributed by atoms with E-state index in [4.69, 9.17) is 10.2 Å². The average Bonchev–Trinajstić information content (AvgIpc) is 2.98. The number of rotatable bonds is 2. The van der Waals surface area contributed by atoms with E-state index in [0.29, 0.717) is 6.54 Å². The van der Waals surface area contributed by atoms with Crippen molar-refractivity contribution in [2.75, 3.05) is 6.54 Å². The third-order valence-electron chi connectivity index (χ3n) is 3.37. The molecule has 1 aromatic heterocycles. The Hall–Kier alpha value is -0.800. The molecular weight excluding hydrogens is 254 g/mol. The lowest BCUT2D eigenvalue weighted by atomic mass is 9.95. The maximum Gasteiger partial charge on any atom is 0.138 e. The molecule has 0 aliphatic heterocycles. The highest BCUT2D eigenvalue weighted by Crippen LogP contribution is 2.50. The van der Waals surface area contributed by atoms with Gasteiger partial charge in [-0.2, -0.15) is 0 Å². The Morgan fingerprint density at radius 1 is 1.40 bits per heavy atom. The van der Waals surface area contributed by atoms with Crippen molar-refractivity contribution in [3.05, 3.63) is 34.5 Å². The lowest BCUT2D eigenvalue weighted by Crippen LogP contribution is -2.19. The van der Waals surface area contributed by atoms with Gasteiger partial charge in [-0.1, -0.05) is 12.1 Å². The molecule has 2 aromatic rings. The number of halogens is 1. The summed E-state index contributed by atoms with van der Waals surface area (Å²) in [5, 5.41) is 1.15. The molecule has 0 bridgehead atoms. The Kier molecular flexibility index (Phi) is 1.94. The fourth-order valence-electron chi connectivity index (χ4n) is 2.18. The number of fused-ring (bicyclic) bond motifs is 1. The fourth-order valence-corrected chi connectivity index (χ4v) is 2.58. The third kappa shape index (κ3) is 1.26. The molecule has 1 saturated carbocycles. The van der Waals surface area contributed by atoms with Gasteiger partial charge in [-0.15, -0.1) is 0 Å². The maximum atomic E-state index is 5.85. The van der Waals surface area contributed by atoms with Crippen LogP contribution in [0, 0.1) is 0 Å². The van der Waals surface area contributed by atoms with E-state index in [1.807, 2.05) is 0 Å². The van der Waals surface area contributed by atoms with Crippen molar-refractivity contribution in [3.63, 3.8) is 0 Å². The van der Waals surface area contributed by atoms with Crippen LogP contribution in [-0.2, 0) is 5.41 Å².